The number of nitrogens with zero attached hydrogens (tertiary/aromatic N) is 4. The molecule has 0 radical (unpaired) electrons. The Morgan fingerprint density at radius 3 is 2.85 bits per heavy atom. The first-order valence-corrected chi connectivity index (χ1v) is 6.77. The van der Waals surface area contributed by atoms with Crippen molar-refractivity contribution in [1.82, 2.24) is 25.1 Å². The van der Waals surface area contributed by atoms with Crippen LogP contribution in [0.2, 0.25) is 0 Å². The largest absolute Gasteiger partial charge is 0.402 e. The number of aromatic nitrogens is 4. The molecule has 1 unspecified atom stereocenters. The average molecular weight is 307 g/mol. The van der Waals surface area contributed by atoms with Crippen LogP contribution in [0, 0.1) is 0 Å². The van der Waals surface area contributed by atoms with E-state index in [4.69, 9.17) is 4.74 Å². The summed E-state index contributed by atoms with van der Waals surface area (Å²) in [6.07, 6.45) is -4.36. The smallest absolute Gasteiger partial charge is 0.377 e. The van der Waals surface area contributed by atoms with Crippen LogP contribution >= 0.6 is 11.3 Å². The average Bonchev–Trinajstić information content (AvgIpc) is 3.03. The van der Waals surface area contributed by atoms with Gasteiger partial charge in [-0.2, -0.15) is 22.8 Å². The minimum absolute atomic E-state index is 0.0137. The van der Waals surface area contributed by atoms with Crippen LogP contribution in [0.25, 0.3) is 4.96 Å². The van der Waals surface area contributed by atoms with Crippen molar-refractivity contribution in [2.24, 2.45) is 0 Å². The van der Waals surface area contributed by atoms with Gasteiger partial charge in [0.1, 0.15) is 17.0 Å². The fourth-order valence-electron chi connectivity index (χ4n) is 2.31. The summed E-state index contributed by atoms with van der Waals surface area (Å²) < 4.78 is 46.6. The second-order valence-electron chi connectivity index (χ2n) is 4.66. The minimum Gasteiger partial charge on any atom is -0.377 e. The van der Waals surface area contributed by atoms with Crippen LogP contribution in [0.4, 0.5) is 13.2 Å². The van der Waals surface area contributed by atoms with Gasteiger partial charge < -0.3 is 10.1 Å². The Morgan fingerprint density at radius 2 is 2.25 bits per heavy atom. The van der Waals surface area contributed by atoms with E-state index in [1.165, 1.54) is 11.6 Å². The van der Waals surface area contributed by atoms with E-state index in [1.807, 2.05) is 0 Å². The van der Waals surface area contributed by atoms with Crippen molar-refractivity contribution in [1.29, 1.82) is 0 Å². The molecule has 0 aromatic carbocycles. The van der Waals surface area contributed by atoms with Gasteiger partial charge in [-0.15, -0.1) is 10.2 Å². The molecule has 3 rings (SSSR count). The fraction of sp³-hybridized carbons (Fsp3) is 0.700. The third kappa shape index (κ3) is 1.90. The molecule has 1 saturated heterocycles. The van der Waals surface area contributed by atoms with Gasteiger partial charge in [-0.3, -0.25) is 0 Å². The van der Waals surface area contributed by atoms with Crippen molar-refractivity contribution >= 4 is 16.3 Å². The SMILES string of the molecule is COCc1nnc2sc(C3(C(F)(F)F)CCNC3)nn12. The molecule has 1 atom stereocenters. The topological polar surface area (TPSA) is 64.3 Å². The maximum Gasteiger partial charge on any atom is 0.402 e. The highest BCUT2D eigenvalue weighted by molar-refractivity contribution is 7.16. The normalized spacial score (nSPS) is 23.8. The molecular formula is C10H12F3N5OS. The molecule has 1 aliphatic heterocycles. The molecule has 10 heteroatoms. The Hall–Kier alpha value is -1.26. The molecule has 3 heterocycles. The molecule has 0 saturated carbocycles. The highest BCUT2D eigenvalue weighted by Gasteiger charge is 2.59. The summed E-state index contributed by atoms with van der Waals surface area (Å²) in [5.41, 5.74) is -1.93. The molecule has 0 spiro atoms. The van der Waals surface area contributed by atoms with Crippen LogP contribution in [0.15, 0.2) is 0 Å². The predicted octanol–water partition coefficient (Wildman–Crippen LogP) is 1.13. The maximum absolute atomic E-state index is 13.4. The number of ether oxygens (including phenoxy) is 1. The second-order valence-corrected chi connectivity index (χ2v) is 5.61. The summed E-state index contributed by atoms with van der Waals surface area (Å²) in [5.74, 6) is 0.397. The van der Waals surface area contributed by atoms with E-state index in [0.717, 1.165) is 11.3 Å². The van der Waals surface area contributed by atoms with Crippen LogP contribution in [0.5, 0.6) is 0 Å². The first kappa shape index (κ1) is 13.7. The molecule has 20 heavy (non-hydrogen) atoms. The van der Waals surface area contributed by atoms with Crippen molar-refractivity contribution < 1.29 is 17.9 Å². The Kier molecular flexibility index (Phi) is 3.18. The van der Waals surface area contributed by atoms with E-state index in [-0.39, 0.29) is 24.6 Å². The lowest BCUT2D eigenvalue weighted by molar-refractivity contribution is -0.185. The summed E-state index contributed by atoms with van der Waals surface area (Å²) in [6, 6.07) is 0. The standard InChI is InChI=1S/C10H12F3N5OS/c1-19-4-6-15-16-8-18(6)17-7(20-8)9(10(11,12)13)2-3-14-5-9/h14H,2-5H2,1H3. The molecule has 0 aliphatic carbocycles. The molecule has 1 fully saturated rings. The Labute approximate surface area is 115 Å². The first-order valence-electron chi connectivity index (χ1n) is 5.96. The molecule has 2 aromatic rings. The molecule has 6 nitrogen and oxygen atoms in total. The molecule has 1 aliphatic rings. The molecule has 0 amide bonds. The second kappa shape index (κ2) is 4.64. The zero-order chi connectivity index (χ0) is 14.4. The van der Waals surface area contributed by atoms with Crippen molar-refractivity contribution in [2.75, 3.05) is 20.2 Å². The van der Waals surface area contributed by atoms with E-state index in [1.54, 1.807) is 0 Å². The van der Waals surface area contributed by atoms with Crippen LogP contribution < -0.4 is 5.32 Å². The zero-order valence-corrected chi connectivity index (χ0v) is 11.4. The minimum atomic E-state index is -4.35. The Bertz CT molecular complexity index is 616. The van der Waals surface area contributed by atoms with Crippen LogP contribution in [-0.2, 0) is 16.8 Å². The quantitative estimate of drug-likeness (QED) is 0.921. The highest BCUT2D eigenvalue weighted by atomic mass is 32.1. The van der Waals surface area contributed by atoms with Crippen LogP contribution in [-0.4, -0.2) is 46.2 Å². The van der Waals surface area contributed by atoms with Crippen molar-refractivity contribution in [3.05, 3.63) is 10.8 Å². The van der Waals surface area contributed by atoms with E-state index >= 15 is 0 Å². The Balaban J connectivity index is 2.08. The molecule has 110 valence electrons. The molecular weight excluding hydrogens is 295 g/mol. The van der Waals surface area contributed by atoms with Gasteiger partial charge in [0, 0.05) is 13.7 Å². The van der Waals surface area contributed by atoms with E-state index < -0.39 is 11.6 Å². The van der Waals surface area contributed by atoms with Crippen molar-refractivity contribution in [2.45, 2.75) is 24.6 Å². The van der Waals surface area contributed by atoms with E-state index in [0.29, 0.717) is 17.3 Å². The lowest BCUT2D eigenvalue weighted by atomic mass is 9.87. The lowest BCUT2D eigenvalue weighted by Crippen LogP contribution is -2.44. The van der Waals surface area contributed by atoms with Gasteiger partial charge in [-0.1, -0.05) is 11.3 Å². The number of alkyl halides is 3. The zero-order valence-electron chi connectivity index (χ0n) is 10.6. The van der Waals surface area contributed by atoms with Gasteiger partial charge in [-0.05, 0) is 13.0 Å². The molecule has 2 aromatic heterocycles. The number of methoxy groups -OCH3 is 1. The van der Waals surface area contributed by atoms with Gasteiger partial charge in [-0.25, -0.2) is 0 Å². The van der Waals surface area contributed by atoms with Crippen molar-refractivity contribution in [3.63, 3.8) is 0 Å². The van der Waals surface area contributed by atoms with Gasteiger partial charge >= 0.3 is 6.18 Å². The summed E-state index contributed by atoms with van der Waals surface area (Å²) in [7, 11) is 1.48. The van der Waals surface area contributed by atoms with E-state index in [2.05, 4.69) is 20.6 Å². The lowest BCUT2D eigenvalue weighted by Gasteiger charge is -2.27. The third-order valence-corrected chi connectivity index (χ3v) is 4.54. The predicted molar refractivity (Wildman–Crippen MR) is 64.6 cm³/mol. The molecule has 0 bridgehead atoms. The van der Waals surface area contributed by atoms with Gasteiger partial charge in [0.2, 0.25) is 4.96 Å². The van der Waals surface area contributed by atoms with Crippen LogP contribution in [0.1, 0.15) is 17.3 Å². The summed E-state index contributed by atoms with van der Waals surface area (Å²) in [6.45, 7) is 0.326. The first-order chi connectivity index (χ1) is 9.48. The summed E-state index contributed by atoms with van der Waals surface area (Å²) in [5, 5.41) is 14.6. The van der Waals surface area contributed by atoms with Crippen LogP contribution in [0.3, 0.4) is 0 Å². The Morgan fingerprint density at radius 1 is 1.45 bits per heavy atom. The third-order valence-electron chi connectivity index (χ3n) is 3.44. The number of nitrogens with one attached hydrogen (secondary N) is 1. The molecule has 1 N–H and O–H groups in total. The van der Waals surface area contributed by atoms with Crippen molar-refractivity contribution in [3.8, 4) is 0 Å². The number of fused-ring (bicyclic) bond motifs is 1. The van der Waals surface area contributed by atoms with E-state index in [9.17, 15) is 13.2 Å². The highest BCUT2D eigenvalue weighted by Crippen LogP contribution is 2.46. The monoisotopic (exact) mass is 307 g/mol. The van der Waals surface area contributed by atoms with Gasteiger partial charge in [0.05, 0.1) is 0 Å². The van der Waals surface area contributed by atoms with Gasteiger partial charge in [0.15, 0.2) is 5.82 Å². The number of halogens is 3. The maximum atomic E-state index is 13.4. The fourth-order valence-corrected chi connectivity index (χ4v) is 3.40. The van der Waals surface area contributed by atoms with Gasteiger partial charge in [0.25, 0.3) is 0 Å². The summed E-state index contributed by atoms with van der Waals surface area (Å²) >= 11 is 0.930. The number of rotatable bonds is 3. The number of hydrogen-bond acceptors (Lipinski definition) is 6. The summed E-state index contributed by atoms with van der Waals surface area (Å²) in [4.78, 5) is 0.350. The number of hydrogen-bond donors (Lipinski definition) is 1.